The second kappa shape index (κ2) is 9.49. The summed E-state index contributed by atoms with van der Waals surface area (Å²) in [6, 6.07) is 4.22. The molecule has 0 spiro atoms. The molecule has 1 N–H and O–H groups in total. The molecule has 108 valence electrons. The highest BCUT2D eigenvalue weighted by atomic mass is 16.4. The zero-order chi connectivity index (χ0) is 15.5. The van der Waals surface area contributed by atoms with Gasteiger partial charge in [-0.2, -0.15) is 0 Å². The van der Waals surface area contributed by atoms with Crippen molar-refractivity contribution < 1.29 is 19.1 Å². The van der Waals surface area contributed by atoms with Crippen molar-refractivity contribution in [1.82, 2.24) is 4.98 Å². The maximum Gasteiger partial charge on any atom is 0.335 e. The van der Waals surface area contributed by atoms with E-state index in [1.54, 1.807) is 0 Å². The first-order valence-corrected chi connectivity index (χ1v) is 6.44. The summed E-state index contributed by atoms with van der Waals surface area (Å²) in [4.78, 5) is 25.4. The monoisotopic (exact) mass is 277 g/mol. The fraction of sp³-hybridized carbons (Fsp3) is 0.267. The highest BCUT2D eigenvalue weighted by Crippen LogP contribution is 2.20. The third-order valence-corrected chi connectivity index (χ3v) is 2.02. The van der Waals surface area contributed by atoms with E-state index in [2.05, 4.69) is 4.98 Å². The van der Waals surface area contributed by atoms with E-state index in [0.717, 1.165) is 0 Å². The maximum absolute atomic E-state index is 10.8. The summed E-state index contributed by atoms with van der Waals surface area (Å²) in [6.45, 7) is 8.00. The van der Waals surface area contributed by atoms with E-state index in [-0.39, 0.29) is 17.0 Å². The number of carboxylic acids is 1. The van der Waals surface area contributed by atoms with Crippen molar-refractivity contribution in [1.29, 1.82) is 0 Å². The second-order valence-corrected chi connectivity index (χ2v) is 3.10. The summed E-state index contributed by atoms with van der Waals surface area (Å²) in [6.07, 6.45) is 3.41. The van der Waals surface area contributed by atoms with Gasteiger partial charge < -0.3 is 9.52 Å². The SMILES string of the molecule is CC.CC.O=Cc1cc(C(=O)O)cc(-c2ncco2)c1. The first kappa shape index (κ1) is 17.6. The lowest BCUT2D eigenvalue weighted by atomic mass is 10.1. The van der Waals surface area contributed by atoms with Crippen LogP contribution in [0.5, 0.6) is 0 Å². The zero-order valence-corrected chi connectivity index (χ0v) is 12.1. The van der Waals surface area contributed by atoms with Crippen molar-refractivity contribution in [3.8, 4) is 11.5 Å². The number of nitrogens with zero attached hydrogens (tertiary/aromatic N) is 1. The average molecular weight is 277 g/mol. The van der Waals surface area contributed by atoms with Crippen LogP contribution in [0.15, 0.2) is 35.1 Å². The topological polar surface area (TPSA) is 80.4 Å². The molecule has 0 bridgehead atoms. The number of benzene rings is 1. The van der Waals surface area contributed by atoms with Crippen LogP contribution >= 0.6 is 0 Å². The van der Waals surface area contributed by atoms with Gasteiger partial charge in [0, 0.05) is 11.1 Å². The van der Waals surface area contributed by atoms with Gasteiger partial charge in [-0.15, -0.1) is 0 Å². The molecule has 0 unspecified atom stereocenters. The van der Waals surface area contributed by atoms with Crippen LogP contribution in [-0.4, -0.2) is 22.3 Å². The second-order valence-electron chi connectivity index (χ2n) is 3.10. The van der Waals surface area contributed by atoms with E-state index < -0.39 is 5.97 Å². The molecule has 2 aromatic rings. The van der Waals surface area contributed by atoms with Crippen molar-refractivity contribution in [2.75, 3.05) is 0 Å². The number of aromatic carboxylic acids is 1. The fourth-order valence-corrected chi connectivity index (χ4v) is 1.33. The minimum atomic E-state index is -1.10. The number of hydrogen-bond donors (Lipinski definition) is 1. The third-order valence-electron chi connectivity index (χ3n) is 2.02. The molecule has 0 aliphatic carbocycles. The van der Waals surface area contributed by atoms with Crippen molar-refractivity contribution in [3.05, 3.63) is 41.8 Å². The summed E-state index contributed by atoms with van der Waals surface area (Å²) < 4.78 is 5.03. The molecule has 0 saturated heterocycles. The summed E-state index contributed by atoms with van der Waals surface area (Å²) in [5.41, 5.74) is 0.762. The van der Waals surface area contributed by atoms with Crippen LogP contribution in [0.2, 0.25) is 0 Å². The Morgan fingerprint density at radius 1 is 1.20 bits per heavy atom. The maximum atomic E-state index is 10.8. The van der Waals surface area contributed by atoms with E-state index in [0.29, 0.717) is 11.8 Å². The lowest BCUT2D eigenvalue weighted by molar-refractivity contribution is 0.0697. The zero-order valence-electron chi connectivity index (χ0n) is 12.1. The van der Waals surface area contributed by atoms with E-state index >= 15 is 0 Å². The van der Waals surface area contributed by atoms with Crippen molar-refractivity contribution in [2.45, 2.75) is 27.7 Å². The number of oxazole rings is 1. The number of aromatic nitrogens is 1. The molecule has 0 aliphatic rings. The van der Waals surface area contributed by atoms with Gasteiger partial charge in [-0.1, -0.05) is 27.7 Å². The Hall–Kier alpha value is -2.43. The lowest BCUT2D eigenvalue weighted by Gasteiger charge is -2.00. The molecule has 1 heterocycles. The van der Waals surface area contributed by atoms with Crippen LogP contribution in [-0.2, 0) is 0 Å². The molecule has 0 radical (unpaired) electrons. The van der Waals surface area contributed by atoms with Gasteiger partial charge in [-0.25, -0.2) is 9.78 Å². The number of carbonyl (C=O) groups excluding carboxylic acids is 1. The first-order valence-electron chi connectivity index (χ1n) is 6.44. The van der Waals surface area contributed by atoms with Gasteiger partial charge in [0.05, 0.1) is 11.8 Å². The number of hydrogen-bond acceptors (Lipinski definition) is 4. The van der Waals surface area contributed by atoms with Crippen molar-refractivity contribution in [2.24, 2.45) is 0 Å². The van der Waals surface area contributed by atoms with Gasteiger partial charge in [-0.05, 0) is 18.2 Å². The van der Waals surface area contributed by atoms with E-state index in [9.17, 15) is 9.59 Å². The van der Waals surface area contributed by atoms with Crippen LogP contribution < -0.4 is 0 Å². The van der Waals surface area contributed by atoms with E-state index in [4.69, 9.17) is 9.52 Å². The van der Waals surface area contributed by atoms with Gasteiger partial charge in [0.15, 0.2) is 0 Å². The number of aldehydes is 1. The van der Waals surface area contributed by atoms with Crippen LogP contribution in [0.25, 0.3) is 11.5 Å². The number of carboxylic acid groups (broad SMARTS) is 1. The van der Waals surface area contributed by atoms with E-state index in [1.165, 1.54) is 30.7 Å². The van der Waals surface area contributed by atoms with Gasteiger partial charge in [0.1, 0.15) is 12.5 Å². The van der Waals surface area contributed by atoms with Crippen LogP contribution in [0, 0.1) is 0 Å². The Bertz CT molecular complexity index is 533. The predicted octanol–water partition coefficient (Wildman–Crippen LogP) is 3.90. The van der Waals surface area contributed by atoms with Gasteiger partial charge in [0.2, 0.25) is 5.89 Å². The summed E-state index contributed by atoms with van der Waals surface area (Å²) in [7, 11) is 0. The molecule has 0 atom stereocenters. The molecular weight excluding hydrogens is 258 g/mol. The van der Waals surface area contributed by atoms with Gasteiger partial charge >= 0.3 is 5.97 Å². The molecule has 0 fully saturated rings. The first-order chi connectivity index (χ1) is 9.70. The summed E-state index contributed by atoms with van der Waals surface area (Å²) in [5.74, 6) is -0.817. The summed E-state index contributed by atoms with van der Waals surface area (Å²) in [5, 5.41) is 8.86. The quantitative estimate of drug-likeness (QED) is 0.860. The smallest absolute Gasteiger partial charge is 0.335 e. The Labute approximate surface area is 118 Å². The molecule has 20 heavy (non-hydrogen) atoms. The normalized spacial score (nSPS) is 8.60. The highest BCUT2D eigenvalue weighted by molar-refractivity contribution is 5.92. The Kier molecular flexibility index (Phi) is 8.34. The number of rotatable bonds is 3. The van der Waals surface area contributed by atoms with Crippen LogP contribution in [0.1, 0.15) is 48.4 Å². The van der Waals surface area contributed by atoms with Crippen molar-refractivity contribution in [3.63, 3.8) is 0 Å². The molecule has 0 aliphatic heterocycles. The molecule has 2 rings (SSSR count). The van der Waals surface area contributed by atoms with Crippen LogP contribution in [0.3, 0.4) is 0 Å². The Balaban J connectivity index is 0.000000829. The molecule has 5 heteroatoms. The minimum absolute atomic E-state index is 0.0257. The minimum Gasteiger partial charge on any atom is -0.478 e. The number of carbonyl (C=O) groups is 2. The fourth-order valence-electron chi connectivity index (χ4n) is 1.33. The molecule has 5 nitrogen and oxygen atoms in total. The van der Waals surface area contributed by atoms with E-state index in [1.807, 2.05) is 27.7 Å². The highest BCUT2D eigenvalue weighted by Gasteiger charge is 2.10. The third kappa shape index (κ3) is 4.68. The molecule has 0 saturated carbocycles. The van der Waals surface area contributed by atoms with Crippen LogP contribution in [0.4, 0.5) is 0 Å². The Morgan fingerprint density at radius 3 is 2.30 bits per heavy atom. The largest absolute Gasteiger partial charge is 0.478 e. The molecule has 1 aromatic heterocycles. The Morgan fingerprint density at radius 2 is 1.85 bits per heavy atom. The standard InChI is InChI=1S/C11H7NO4.2C2H6/c13-6-7-3-8(10-12-1-2-16-10)5-9(4-7)11(14)15;2*1-2/h1-6H,(H,14,15);2*1-2H3. The van der Waals surface area contributed by atoms with Gasteiger partial charge in [0.25, 0.3) is 0 Å². The molecule has 1 aromatic carbocycles. The summed E-state index contributed by atoms with van der Waals surface area (Å²) >= 11 is 0. The van der Waals surface area contributed by atoms with Crippen molar-refractivity contribution >= 4 is 12.3 Å². The molecular formula is C15H19NO4. The predicted molar refractivity (Wildman–Crippen MR) is 77.0 cm³/mol. The van der Waals surface area contributed by atoms with Gasteiger partial charge in [-0.3, -0.25) is 4.79 Å². The average Bonchev–Trinajstić information content (AvgIpc) is 3.05. The lowest BCUT2D eigenvalue weighted by Crippen LogP contribution is -1.98. The molecule has 0 amide bonds.